The van der Waals surface area contributed by atoms with E-state index >= 15 is 0 Å². The lowest BCUT2D eigenvalue weighted by Gasteiger charge is -2.34. The molecule has 4 N–H and O–H groups in total. The van der Waals surface area contributed by atoms with Crippen molar-refractivity contribution < 1.29 is 20.4 Å². The van der Waals surface area contributed by atoms with Crippen molar-refractivity contribution in [1.29, 1.82) is 0 Å². The van der Waals surface area contributed by atoms with Gasteiger partial charge in [-0.2, -0.15) is 0 Å². The van der Waals surface area contributed by atoms with Gasteiger partial charge in [0.15, 0.2) is 0 Å². The smallest absolute Gasteiger partial charge is 0.113 e. The van der Waals surface area contributed by atoms with E-state index in [1.54, 1.807) is 12.1 Å². The molecule has 0 unspecified atom stereocenters. The van der Waals surface area contributed by atoms with E-state index in [2.05, 4.69) is 0 Å². The van der Waals surface area contributed by atoms with Gasteiger partial charge in [-0.25, -0.2) is 0 Å². The van der Waals surface area contributed by atoms with Gasteiger partial charge in [0.1, 0.15) is 24.4 Å². The zero-order valence-electron chi connectivity index (χ0n) is 11.7. The molecule has 0 radical (unpaired) electrons. The highest BCUT2D eigenvalue weighted by Gasteiger charge is 2.39. The molecule has 1 aliphatic rings. The van der Waals surface area contributed by atoms with Crippen LogP contribution in [0.15, 0.2) is 48.5 Å². The number of rotatable bonds is 0. The maximum atomic E-state index is 10.2. The minimum atomic E-state index is -1.39. The van der Waals surface area contributed by atoms with Crippen LogP contribution in [0, 0.1) is 0 Å². The van der Waals surface area contributed by atoms with Crippen LogP contribution >= 0.6 is 0 Å². The van der Waals surface area contributed by atoms with E-state index in [0.717, 1.165) is 21.5 Å². The first-order valence-electron chi connectivity index (χ1n) is 7.25. The van der Waals surface area contributed by atoms with Crippen LogP contribution < -0.4 is 0 Å². The zero-order chi connectivity index (χ0) is 15.4. The van der Waals surface area contributed by atoms with E-state index in [9.17, 15) is 20.4 Å². The standard InChI is InChI=1S/C18H16O4/c19-15-13-7-10-6-5-9-3-1-2-4-11(9)12(10)8-14(13)16(20)18(22)17(15)21/h1-8,15-22H/t15-,16+,17+,18+/m1/s1. The number of hydrogen-bond acceptors (Lipinski definition) is 4. The molecule has 22 heavy (non-hydrogen) atoms. The monoisotopic (exact) mass is 296 g/mol. The molecule has 3 aromatic carbocycles. The van der Waals surface area contributed by atoms with Crippen LogP contribution in [0.1, 0.15) is 23.3 Å². The fraction of sp³-hybridized carbons (Fsp3) is 0.222. The molecule has 0 amide bonds. The van der Waals surface area contributed by atoms with Crippen LogP contribution in [-0.2, 0) is 0 Å². The Morgan fingerprint density at radius 3 is 1.91 bits per heavy atom. The van der Waals surface area contributed by atoms with Crippen LogP contribution in [0.5, 0.6) is 0 Å². The first-order chi connectivity index (χ1) is 10.6. The van der Waals surface area contributed by atoms with Crippen LogP contribution in [0.4, 0.5) is 0 Å². The summed E-state index contributed by atoms with van der Waals surface area (Å²) >= 11 is 0. The molecule has 4 rings (SSSR count). The molecule has 0 saturated heterocycles. The second-order valence-electron chi connectivity index (χ2n) is 5.86. The highest BCUT2D eigenvalue weighted by molar-refractivity contribution is 6.07. The summed E-state index contributed by atoms with van der Waals surface area (Å²) in [7, 11) is 0. The average Bonchev–Trinajstić information content (AvgIpc) is 2.56. The van der Waals surface area contributed by atoms with Gasteiger partial charge in [0, 0.05) is 0 Å². The van der Waals surface area contributed by atoms with Gasteiger partial charge in [0.05, 0.1) is 0 Å². The Bertz CT molecular complexity index is 873. The summed E-state index contributed by atoms with van der Waals surface area (Å²) in [6.45, 7) is 0. The summed E-state index contributed by atoms with van der Waals surface area (Å²) in [6, 6.07) is 15.5. The summed E-state index contributed by atoms with van der Waals surface area (Å²) in [5, 5.41) is 44.1. The Balaban J connectivity index is 2.06. The van der Waals surface area contributed by atoms with Crippen molar-refractivity contribution >= 4 is 21.5 Å². The number of fused-ring (bicyclic) bond motifs is 4. The first kappa shape index (κ1) is 13.7. The lowest BCUT2D eigenvalue weighted by atomic mass is 9.81. The summed E-state index contributed by atoms with van der Waals surface area (Å²) in [6.07, 6.45) is -5.20. The molecule has 0 fully saturated rings. The van der Waals surface area contributed by atoms with E-state index in [4.69, 9.17) is 0 Å². The second kappa shape index (κ2) is 4.76. The maximum Gasteiger partial charge on any atom is 0.113 e. The van der Waals surface area contributed by atoms with Gasteiger partial charge in [-0.15, -0.1) is 0 Å². The Labute approximate surface area is 126 Å². The first-order valence-corrected chi connectivity index (χ1v) is 7.25. The van der Waals surface area contributed by atoms with E-state index in [-0.39, 0.29) is 0 Å². The predicted octanol–water partition coefficient (Wildman–Crippen LogP) is 1.80. The number of hydrogen-bond donors (Lipinski definition) is 4. The zero-order valence-corrected chi connectivity index (χ0v) is 11.7. The molecular formula is C18H16O4. The van der Waals surface area contributed by atoms with Crippen molar-refractivity contribution in [3.8, 4) is 0 Å². The molecule has 112 valence electrons. The van der Waals surface area contributed by atoms with Crippen LogP contribution in [0.2, 0.25) is 0 Å². The third kappa shape index (κ3) is 1.79. The molecule has 0 aliphatic heterocycles. The van der Waals surface area contributed by atoms with Crippen molar-refractivity contribution in [3.05, 3.63) is 59.7 Å². The molecule has 4 atom stereocenters. The predicted molar refractivity (Wildman–Crippen MR) is 83.4 cm³/mol. The fourth-order valence-electron chi connectivity index (χ4n) is 3.34. The molecule has 0 saturated carbocycles. The summed E-state index contributed by atoms with van der Waals surface area (Å²) in [5.74, 6) is 0. The van der Waals surface area contributed by atoms with Crippen LogP contribution in [-0.4, -0.2) is 32.6 Å². The van der Waals surface area contributed by atoms with E-state index in [1.807, 2.05) is 36.4 Å². The van der Waals surface area contributed by atoms with Crippen molar-refractivity contribution in [1.82, 2.24) is 0 Å². The third-order valence-corrected chi connectivity index (χ3v) is 4.58. The second-order valence-corrected chi connectivity index (χ2v) is 5.86. The largest absolute Gasteiger partial charge is 0.387 e. The molecule has 0 spiro atoms. The summed E-state index contributed by atoms with van der Waals surface area (Å²) < 4.78 is 0. The van der Waals surface area contributed by atoms with Gasteiger partial charge in [0.2, 0.25) is 0 Å². The highest BCUT2D eigenvalue weighted by Crippen LogP contribution is 2.40. The molecule has 1 aliphatic carbocycles. The molecular weight excluding hydrogens is 280 g/mol. The average molecular weight is 296 g/mol. The molecule has 0 bridgehead atoms. The van der Waals surface area contributed by atoms with E-state index in [1.165, 1.54) is 0 Å². The Kier molecular flexibility index (Phi) is 2.96. The maximum absolute atomic E-state index is 10.2. The van der Waals surface area contributed by atoms with Gasteiger partial charge in [0.25, 0.3) is 0 Å². The van der Waals surface area contributed by atoms with Crippen LogP contribution in [0.25, 0.3) is 21.5 Å². The lowest BCUT2D eigenvalue weighted by Crippen LogP contribution is -2.41. The molecule has 4 nitrogen and oxygen atoms in total. The lowest BCUT2D eigenvalue weighted by molar-refractivity contribution is -0.120. The molecule has 3 aromatic rings. The van der Waals surface area contributed by atoms with Gasteiger partial charge in [-0.05, 0) is 44.8 Å². The van der Waals surface area contributed by atoms with E-state index < -0.39 is 24.4 Å². The molecule has 0 heterocycles. The summed E-state index contributed by atoms with van der Waals surface area (Å²) in [4.78, 5) is 0. The van der Waals surface area contributed by atoms with E-state index in [0.29, 0.717) is 11.1 Å². The van der Waals surface area contributed by atoms with Crippen LogP contribution in [0.3, 0.4) is 0 Å². The number of benzene rings is 3. The number of aliphatic hydroxyl groups excluding tert-OH is 4. The quantitative estimate of drug-likeness (QED) is 0.477. The van der Waals surface area contributed by atoms with Gasteiger partial charge < -0.3 is 20.4 Å². The normalized spacial score (nSPS) is 28.0. The molecule has 4 heteroatoms. The highest BCUT2D eigenvalue weighted by atomic mass is 16.4. The summed E-state index contributed by atoms with van der Waals surface area (Å²) in [5.41, 5.74) is 0.933. The van der Waals surface area contributed by atoms with Gasteiger partial charge in [-0.3, -0.25) is 0 Å². The molecule has 0 aromatic heterocycles. The van der Waals surface area contributed by atoms with Crippen molar-refractivity contribution in [3.63, 3.8) is 0 Å². The minimum Gasteiger partial charge on any atom is -0.387 e. The fourth-order valence-corrected chi connectivity index (χ4v) is 3.34. The van der Waals surface area contributed by atoms with Gasteiger partial charge in [-0.1, -0.05) is 36.4 Å². The SMILES string of the molecule is O[C@@H]1[C@@H](O)[C@@H](O)c2cc3c(ccc4ccccc43)cc2[C@H]1O. The van der Waals surface area contributed by atoms with Crippen molar-refractivity contribution in [2.75, 3.05) is 0 Å². The van der Waals surface area contributed by atoms with Gasteiger partial charge >= 0.3 is 0 Å². The minimum absolute atomic E-state index is 0.466. The Hall–Kier alpha value is -1.98. The Morgan fingerprint density at radius 2 is 1.18 bits per heavy atom. The Morgan fingerprint density at radius 1 is 0.591 bits per heavy atom. The van der Waals surface area contributed by atoms with Crippen molar-refractivity contribution in [2.45, 2.75) is 24.4 Å². The topological polar surface area (TPSA) is 80.9 Å². The number of aliphatic hydroxyl groups is 4. The third-order valence-electron chi connectivity index (χ3n) is 4.58. The van der Waals surface area contributed by atoms with Crippen molar-refractivity contribution in [2.24, 2.45) is 0 Å².